The highest BCUT2D eigenvalue weighted by Crippen LogP contribution is 2.52. The van der Waals surface area contributed by atoms with Crippen molar-refractivity contribution in [1.82, 2.24) is 0 Å². The number of hydrogen-bond acceptors (Lipinski definition) is 1. The van der Waals surface area contributed by atoms with E-state index in [0.29, 0.717) is 6.42 Å². The number of aliphatic hydroxyl groups is 1. The summed E-state index contributed by atoms with van der Waals surface area (Å²) in [5.41, 5.74) is -1.45. The molecular formula is C10H10F2O. The van der Waals surface area contributed by atoms with E-state index < -0.39 is 17.2 Å². The van der Waals surface area contributed by atoms with Crippen molar-refractivity contribution in [2.24, 2.45) is 5.92 Å². The molecular weight excluding hydrogens is 174 g/mol. The fourth-order valence-electron chi connectivity index (χ4n) is 1.67. The van der Waals surface area contributed by atoms with Crippen LogP contribution >= 0.6 is 0 Å². The smallest absolute Gasteiger partial charge is 0.132 e. The molecule has 1 nitrogen and oxygen atoms in total. The van der Waals surface area contributed by atoms with E-state index in [4.69, 9.17) is 0 Å². The van der Waals surface area contributed by atoms with E-state index in [9.17, 15) is 13.9 Å². The molecule has 0 aromatic heterocycles. The van der Waals surface area contributed by atoms with Crippen LogP contribution < -0.4 is 0 Å². The molecule has 2 unspecified atom stereocenters. The number of hydrogen-bond donors (Lipinski definition) is 1. The molecule has 0 radical (unpaired) electrons. The van der Waals surface area contributed by atoms with E-state index in [1.165, 1.54) is 18.2 Å². The molecule has 1 aromatic rings. The van der Waals surface area contributed by atoms with Crippen LogP contribution in [-0.2, 0) is 5.60 Å². The number of benzene rings is 1. The van der Waals surface area contributed by atoms with Gasteiger partial charge in [0.15, 0.2) is 0 Å². The summed E-state index contributed by atoms with van der Waals surface area (Å²) in [5, 5.41) is 9.75. The molecule has 3 heteroatoms. The summed E-state index contributed by atoms with van der Waals surface area (Å²) >= 11 is 0. The van der Waals surface area contributed by atoms with Crippen molar-refractivity contribution in [3.05, 3.63) is 35.4 Å². The van der Waals surface area contributed by atoms with Crippen molar-refractivity contribution in [2.45, 2.75) is 18.9 Å². The molecule has 1 aliphatic rings. The Bertz CT molecular complexity index is 331. The van der Waals surface area contributed by atoms with Crippen LogP contribution in [0, 0.1) is 17.6 Å². The lowest BCUT2D eigenvalue weighted by Crippen LogP contribution is -2.12. The molecule has 1 fully saturated rings. The summed E-state index contributed by atoms with van der Waals surface area (Å²) in [6.45, 7) is 1.77. The minimum absolute atomic E-state index is 0.0566. The standard InChI is InChI=1S/C10H10F2O/c1-6-5-10(6,13)9-7(11)3-2-4-8(9)12/h2-4,6,13H,5H2,1H3. The molecule has 13 heavy (non-hydrogen) atoms. The molecule has 0 heterocycles. The Kier molecular flexibility index (Phi) is 1.67. The summed E-state index contributed by atoms with van der Waals surface area (Å²) in [4.78, 5) is 0. The van der Waals surface area contributed by atoms with Gasteiger partial charge in [-0.15, -0.1) is 0 Å². The summed E-state index contributed by atoms with van der Waals surface area (Å²) in [5.74, 6) is -1.38. The zero-order valence-electron chi connectivity index (χ0n) is 7.22. The molecule has 2 atom stereocenters. The summed E-state index contributed by atoms with van der Waals surface area (Å²) < 4.78 is 26.3. The van der Waals surface area contributed by atoms with Crippen LogP contribution in [0.1, 0.15) is 18.9 Å². The minimum Gasteiger partial charge on any atom is -0.385 e. The second-order valence-corrected chi connectivity index (χ2v) is 3.63. The maximum absolute atomic E-state index is 13.2. The average molecular weight is 184 g/mol. The molecule has 0 spiro atoms. The zero-order valence-corrected chi connectivity index (χ0v) is 7.22. The van der Waals surface area contributed by atoms with Crippen molar-refractivity contribution in [3.63, 3.8) is 0 Å². The average Bonchev–Trinajstić information content (AvgIpc) is 2.59. The molecule has 1 saturated carbocycles. The fourth-order valence-corrected chi connectivity index (χ4v) is 1.67. The second-order valence-electron chi connectivity index (χ2n) is 3.63. The SMILES string of the molecule is CC1CC1(O)c1c(F)cccc1F. The van der Waals surface area contributed by atoms with Crippen molar-refractivity contribution in [3.8, 4) is 0 Å². The molecule has 0 bridgehead atoms. The van der Waals surface area contributed by atoms with E-state index in [1.54, 1.807) is 6.92 Å². The lowest BCUT2D eigenvalue weighted by atomic mass is 10.0. The van der Waals surface area contributed by atoms with Gasteiger partial charge in [-0.1, -0.05) is 13.0 Å². The molecule has 1 N–H and O–H groups in total. The number of halogens is 2. The first-order valence-corrected chi connectivity index (χ1v) is 4.22. The van der Waals surface area contributed by atoms with Crippen LogP contribution in [0.2, 0.25) is 0 Å². The molecule has 2 rings (SSSR count). The van der Waals surface area contributed by atoms with Crippen LogP contribution in [0.25, 0.3) is 0 Å². The lowest BCUT2D eigenvalue weighted by molar-refractivity contribution is 0.125. The van der Waals surface area contributed by atoms with Gasteiger partial charge in [-0.25, -0.2) is 8.78 Å². The summed E-state index contributed by atoms with van der Waals surface area (Å²) in [6.07, 6.45) is 0.435. The van der Waals surface area contributed by atoms with Crippen LogP contribution in [0.15, 0.2) is 18.2 Å². The Morgan fingerprint density at radius 2 is 1.85 bits per heavy atom. The highest BCUT2D eigenvalue weighted by molar-refractivity contribution is 5.32. The first kappa shape index (κ1) is 8.63. The summed E-state index contributed by atoms with van der Waals surface area (Å²) in [6, 6.07) is 3.63. The van der Waals surface area contributed by atoms with Crippen LogP contribution in [0.4, 0.5) is 8.78 Å². The van der Waals surface area contributed by atoms with Gasteiger partial charge in [0.25, 0.3) is 0 Å². The third-order valence-corrected chi connectivity index (χ3v) is 2.67. The maximum atomic E-state index is 13.2. The van der Waals surface area contributed by atoms with Crippen LogP contribution in [-0.4, -0.2) is 5.11 Å². The Labute approximate surface area is 75.0 Å². The molecule has 1 aliphatic carbocycles. The number of rotatable bonds is 1. The van der Waals surface area contributed by atoms with E-state index >= 15 is 0 Å². The molecule has 70 valence electrons. The second kappa shape index (κ2) is 2.51. The normalized spacial score (nSPS) is 31.8. The first-order valence-electron chi connectivity index (χ1n) is 4.22. The van der Waals surface area contributed by atoms with E-state index in [1.807, 2.05) is 0 Å². The largest absolute Gasteiger partial charge is 0.385 e. The lowest BCUT2D eigenvalue weighted by Gasteiger charge is -2.11. The Morgan fingerprint density at radius 3 is 2.23 bits per heavy atom. The van der Waals surface area contributed by atoms with Crippen molar-refractivity contribution >= 4 is 0 Å². The van der Waals surface area contributed by atoms with Gasteiger partial charge >= 0.3 is 0 Å². The van der Waals surface area contributed by atoms with Gasteiger partial charge in [0.1, 0.15) is 11.6 Å². The molecule has 1 aromatic carbocycles. The van der Waals surface area contributed by atoms with E-state index in [2.05, 4.69) is 0 Å². The van der Waals surface area contributed by atoms with Gasteiger partial charge in [-0.05, 0) is 24.5 Å². The van der Waals surface area contributed by atoms with Crippen LogP contribution in [0.5, 0.6) is 0 Å². The predicted molar refractivity (Wildman–Crippen MR) is 44.0 cm³/mol. The highest BCUT2D eigenvalue weighted by Gasteiger charge is 2.53. The third-order valence-electron chi connectivity index (χ3n) is 2.67. The summed E-state index contributed by atoms with van der Waals surface area (Å²) in [7, 11) is 0. The first-order chi connectivity index (χ1) is 6.05. The molecule has 0 saturated heterocycles. The van der Waals surface area contributed by atoms with Gasteiger partial charge in [0.05, 0.1) is 11.2 Å². The van der Waals surface area contributed by atoms with Crippen molar-refractivity contribution in [1.29, 1.82) is 0 Å². The zero-order chi connectivity index (χ0) is 9.64. The predicted octanol–water partition coefficient (Wildman–Crippen LogP) is 2.19. The Morgan fingerprint density at radius 1 is 1.38 bits per heavy atom. The topological polar surface area (TPSA) is 20.2 Å². The minimum atomic E-state index is -1.27. The monoisotopic (exact) mass is 184 g/mol. The molecule has 0 aliphatic heterocycles. The van der Waals surface area contributed by atoms with Gasteiger partial charge < -0.3 is 5.11 Å². The Balaban J connectivity index is 2.52. The quantitative estimate of drug-likeness (QED) is 0.709. The van der Waals surface area contributed by atoms with Crippen molar-refractivity contribution < 1.29 is 13.9 Å². The molecule has 0 amide bonds. The van der Waals surface area contributed by atoms with Crippen molar-refractivity contribution in [2.75, 3.05) is 0 Å². The van der Waals surface area contributed by atoms with Gasteiger partial charge in [0, 0.05) is 0 Å². The van der Waals surface area contributed by atoms with E-state index in [0.717, 1.165) is 0 Å². The third kappa shape index (κ3) is 1.15. The van der Waals surface area contributed by atoms with Crippen LogP contribution in [0.3, 0.4) is 0 Å². The van der Waals surface area contributed by atoms with Gasteiger partial charge in [0.2, 0.25) is 0 Å². The fraction of sp³-hybridized carbons (Fsp3) is 0.400. The van der Waals surface area contributed by atoms with Gasteiger partial charge in [-0.2, -0.15) is 0 Å². The highest BCUT2D eigenvalue weighted by atomic mass is 19.1. The maximum Gasteiger partial charge on any atom is 0.132 e. The van der Waals surface area contributed by atoms with E-state index in [-0.39, 0.29) is 11.5 Å². The van der Waals surface area contributed by atoms with Gasteiger partial charge in [-0.3, -0.25) is 0 Å². The Hall–Kier alpha value is -0.960.